The maximum absolute atomic E-state index is 12.4. The van der Waals surface area contributed by atoms with E-state index in [9.17, 15) is 4.79 Å². The van der Waals surface area contributed by atoms with Crippen molar-refractivity contribution in [3.05, 3.63) is 17.0 Å². The molecule has 4 heteroatoms. The van der Waals surface area contributed by atoms with Gasteiger partial charge >= 0.3 is 0 Å². The van der Waals surface area contributed by atoms with Crippen molar-refractivity contribution in [1.29, 1.82) is 0 Å². The molecule has 0 radical (unpaired) electrons. The summed E-state index contributed by atoms with van der Waals surface area (Å²) >= 11 is 0. The Bertz CT molecular complexity index is 391. The molecule has 17 heavy (non-hydrogen) atoms. The van der Waals surface area contributed by atoms with Gasteiger partial charge < -0.3 is 4.90 Å². The lowest BCUT2D eigenvalue weighted by Crippen LogP contribution is -2.33. The van der Waals surface area contributed by atoms with Crippen molar-refractivity contribution >= 4 is 5.91 Å². The van der Waals surface area contributed by atoms with Crippen LogP contribution in [0.4, 0.5) is 0 Å². The van der Waals surface area contributed by atoms with E-state index in [0.29, 0.717) is 5.69 Å². The summed E-state index contributed by atoms with van der Waals surface area (Å²) in [5.41, 5.74) is 2.99. The van der Waals surface area contributed by atoms with Crippen molar-refractivity contribution in [3.8, 4) is 0 Å². The van der Waals surface area contributed by atoms with E-state index in [-0.39, 0.29) is 5.91 Å². The number of carbonyl (C=O) groups excluding carboxylic acids is 1. The minimum Gasteiger partial charge on any atom is -0.337 e. The fraction of sp³-hybridized carbons (Fsp3) is 0.692. The van der Waals surface area contributed by atoms with Gasteiger partial charge in [0.15, 0.2) is 5.69 Å². The van der Waals surface area contributed by atoms with Crippen LogP contribution in [0.25, 0.3) is 0 Å². The topological polar surface area (TPSA) is 49.0 Å². The van der Waals surface area contributed by atoms with Crippen LogP contribution in [0.3, 0.4) is 0 Å². The molecule has 1 N–H and O–H groups in total. The van der Waals surface area contributed by atoms with Gasteiger partial charge in [0, 0.05) is 24.3 Å². The molecule has 0 atom stereocenters. The molecule has 0 unspecified atom stereocenters. The fourth-order valence-corrected chi connectivity index (χ4v) is 2.50. The Hall–Kier alpha value is -1.32. The average Bonchev–Trinajstić information content (AvgIpc) is 2.89. The number of H-pyrrole nitrogens is 1. The van der Waals surface area contributed by atoms with Crippen LogP contribution in [0.5, 0.6) is 0 Å². The van der Waals surface area contributed by atoms with Crippen LogP contribution < -0.4 is 0 Å². The number of aromatic nitrogens is 2. The third-order valence-corrected chi connectivity index (χ3v) is 3.28. The summed E-state index contributed by atoms with van der Waals surface area (Å²) in [6.45, 7) is 5.86. The minimum absolute atomic E-state index is 0.105. The Labute approximate surface area is 102 Å². The Balaban J connectivity index is 2.16. The number of hydrogen-bond acceptors (Lipinski definition) is 2. The quantitative estimate of drug-likeness (QED) is 0.850. The summed E-state index contributed by atoms with van der Waals surface area (Å²) < 4.78 is 0. The van der Waals surface area contributed by atoms with Gasteiger partial charge in [0.2, 0.25) is 0 Å². The predicted molar refractivity (Wildman–Crippen MR) is 67.1 cm³/mol. The second kappa shape index (κ2) is 5.34. The summed E-state index contributed by atoms with van der Waals surface area (Å²) in [5, 5.41) is 7.22. The van der Waals surface area contributed by atoms with E-state index in [2.05, 4.69) is 24.0 Å². The Morgan fingerprint density at radius 1 is 1.29 bits per heavy atom. The van der Waals surface area contributed by atoms with E-state index in [0.717, 1.165) is 50.8 Å². The normalized spacial score (nSPS) is 13.8. The summed E-state index contributed by atoms with van der Waals surface area (Å²) in [6.07, 6.45) is 5.18. The molecule has 1 heterocycles. The number of fused-ring (bicyclic) bond motifs is 1. The van der Waals surface area contributed by atoms with Crippen LogP contribution in [-0.4, -0.2) is 34.1 Å². The molecule has 1 aliphatic rings. The molecular weight excluding hydrogens is 214 g/mol. The molecule has 0 aromatic carbocycles. The molecule has 2 rings (SSSR count). The fourth-order valence-electron chi connectivity index (χ4n) is 2.50. The lowest BCUT2D eigenvalue weighted by atomic mass is 10.2. The summed E-state index contributed by atoms with van der Waals surface area (Å²) in [6, 6.07) is 0. The zero-order chi connectivity index (χ0) is 12.3. The van der Waals surface area contributed by atoms with Crippen molar-refractivity contribution < 1.29 is 4.79 Å². The number of nitrogens with zero attached hydrogens (tertiary/aromatic N) is 2. The largest absolute Gasteiger partial charge is 0.337 e. The highest BCUT2D eigenvalue weighted by Gasteiger charge is 2.25. The van der Waals surface area contributed by atoms with Crippen LogP contribution in [0.1, 0.15) is 54.9 Å². The standard InChI is InChI=1S/C13H21N3O/c1-3-8-16(9-4-2)13(17)12-10-6-5-7-11(10)14-15-12/h3-9H2,1-2H3,(H,14,15). The number of amides is 1. The van der Waals surface area contributed by atoms with Crippen LogP contribution in [0.2, 0.25) is 0 Å². The number of nitrogens with one attached hydrogen (secondary N) is 1. The first-order chi connectivity index (χ1) is 8.27. The van der Waals surface area contributed by atoms with E-state index in [1.54, 1.807) is 0 Å². The molecule has 1 aromatic rings. The van der Waals surface area contributed by atoms with E-state index >= 15 is 0 Å². The molecule has 1 amide bonds. The van der Waals surface area contributed by atoms with Gasteiger partial charge in [-0.25, -0.2) is 0 Å². The second-order valence-electron chi connectivity index (χ2n) is 4.68. The number of aromatic amines is 1. The molecule has 0 aliphatic heterocycles. The Morgan fingerprint density at radius 3 is 2.65 bits per heavy atom. The molecule has 94 valence electrons. The van der Waals surface area contributed by atoms with Gasteiger partial charge in [-0.3, -0.25) is 9.89 Å². The summed E-state index contributed by atoms with van der Waals surface area (Å²) in [5.74, 6) is 0.105. The first-order valence-corrected chi connectivity index (χ1v) is 6.63. The van der Waals surface area contributed by atoms with Gasteiger partial charge in [0.25, 0.3) is 5.91 Å². The van der Waals surface area contributed by atoms with Crippen LogP contribution >= 0.6 is 0 Å². The number of carbonyl (C=O) groups is 1. The van der Waals surface area contributed by atoms with Crippen molar-refractivity contribution in [2.24, 2.45) is 0 Å². The Morgan fingerprint density at radius 2 is 2.00 bits per heavy atom. The molecule has 0 saturated carbocycles. The van der Waals surface area contributed by atoms with Crippen molar-refractivity contribution in [2.75, 3.05) is 13.1 Å². The number of aryl methyl sites for hydroxylation is 1. The smallest absolute Gasteiger partial charge is 0.274 e. The van der Waals surface area contributed by atoms with Crippen molar-refractivity contribution in [2.45, 2.75) is 46.0 Å². The SMILES string of the molecule is CCCN(CCC)C(=O)c1n[nH]c2c1CCC2. The second-order valence-corrected chi connectivity index (χ2v) is 4.68. The molecule has 4 nitrogen and oxygen atoms in total. The van der Waals surface area contributed by atoms with E-state index in [1.165, 1.54) is 5.69 Å². The van der Waals surface area contributed by atoms with Crippen molar-refractivity contribution in [1.82, 2.24) is 15.1 Å². The molecule has 0 fully saturated rings. The molecule has 0 spiro atoms. The molecule has 0 saturated heterocycles. The van der Waals surface area contributed by atoms with Gasteiger partial charge in [0.05, 0.1) is 0 Å². The van der Waals surface area contributed by atoms with E-state index in [1.807, 2.05) is 4.90 Å². The highest BCUT2D eigenvalue weighted by Crippen LogP contribution is 2.23. The summed E-state index contributed by atoms with van der Waals surface area (Å²) in [4.78, 5) is 14.3. The zero-order valence-corrected chi connectivity index (χ0v) is 10.8. The highest BCUT2D eigenvalue weighted by molar-refractivity contribution is 5.94. The van der Waals surface area contributed by atoms with Gasteiger partial charge in [-0.15, -0.1) is 0 Å². The molecule has 0 bridgehead atoms. The molecular formula is C13H21N3O. The average molecular weight is 235 g/mol. The van der Waals surface area contributed by atoms with Gasteiger partial charge in [-0.2, -0.15) is 5.10 Å². The maximum atomic E-state index is 12.4. The third-order valence-electron chi connectivity index (χ3n) is 3.28. The number of rotatable bonds is 5. The highest BCUT2D eigenvalue weighted by atomic mass is 16.2. The lowest BCUT2D eigenvalue weighted by Gasteiger charge is -2.20. The van der Waals surface area contributed by atoms with Gasteiger partial charge in [-0.05, 0) is 32.1 Å². The molecule has 1 aliphatic carbocycles. The summed E-state index contributed by atoms with van der Waals surface area (Å²) in [7, 11) is 0. The van der Waals surface area contributed by atoms with Crippen LogP contribution in [-0.2, 0) is 12.8 Å². The van der Waals surface area contributed by atoms with Gasteiger partial charge in [0.1, 0.15) is 0 Å². The first kappa shape index (κ1) is 12.1. The van der Waals surface area contributed by atoms with Gasteiger partial charge in [-0.1, -0.05) is 13.8 Å². The predicted octanol–water partition coefficient (Wildman–Crippen LogP) is 2.16. The van der Waals surface area contributed by atoms with Crippen LogP contribution in [0.15, 0.2) is 0 Å². The molecule has 1 aromatic heterocycles. The zero-order valence-electron chi connectivity index (χ0n) is 10.8. The van der Waals surface area contributed by atoms with Crippen molar-refractivity contribution in [3.63, 3.8) is 0 Å². The maximum Gasteiger partial charge on any atom is 0.274 e. The van der Waals surface area contributed by atoms with Crippen LogP contribution in [0, 0.1) is 0 Å². The third kappa shape index (κ3) is 2.35. The first-order valence-electron chi connectivity index (χ1n) is 6.63. The Kier molecular flexibility index (Phi) is 3.82. The van der Waals surface area contributed by atoms with E-state index < -0.39 is 0 Å². The lowest BCUT2D eigenvalue weighted by molar-refractivity contribution is 0.0748. The minimum atomic E-state index is 0.105. The van der Waals surface area contributed by atoms with E-state index in [4.69, 9.17) is 0 Å². The number of hydrogen-bond donors (Lipinski definition) is 1. The monoisotopic (exact) mass is 235 g/mol.